The van der Waals surface area contributed by atoms with Gasteiger partial charge in [-0.2, -0.15) is 0 Å². The van der Waals surface area contributed by atoms with E-state index in [0.29, 0.717) is 41.5 Å². The third-order valence-corrected chi connectivity index (χ3v) is 7.83. The summed E-state index contributed by atoms with van der Waals surface area (Å²) in [6.07, 6.45) is 1.56. The summed E-state index contributed by atoms with van der Waals surface area (Å²) in [6.45, 7) is 8.67. The van der Waals surface area contributed by atoms with Gasteiger partial charge in [0.15, 0.2) is 17.3 Å². The van der Waals surface area contributed by atoms with Gasteiger partial charge in [-0.05, 0) is 70.5 Å². The average Bonchev–Trinajstić information content (AvgIpc) is 3.11. The summed E-state index contributed by atoms with van der Waals surface area (Å²) in [5, 5.41) is 0.701. The molecule has 0 radical (unpaired) electrons. The number of carbonyl (C=O) groups is 1. The fraction of sp³-hybridized carbons (Fsp3) is 0.458. The number of H-pyrrole nitrogens is 1. The average molecular weight is 454 g/mol. The molecular formula is C24H27N3O4S. The van der Waals surface area contributed by atoms with Crippen molar-refractivity contribution >= 4 is 27.3 Å². The maximum absolute atomic E-state index is 13.1. The highest BCUT2D eigenvalue weighted by atomic mass is 32.1. The minimum atomic E-state index is -0.0672. The highest BCUT2D eigenvalue weighted by Gasteiger charge is 2.30. The number of aromatic amines is 1. The van der Waals surface area contributed by atoms with Gasteiger partial charge in [-0.15, -0.1) is 11.3 Å². The molecule has 1 fully saturated rings. The molecule has 168 valence electrons. The van der Waals surface area contributed by atoms with Crippen LogP contribution in [0.4, 0.5) is 0 Å². The van der Waals surface area contributed by atoms with Gasteiger partial charge in [0.2, 0.25) is 0 Å². The second-order valence-electron chi connectivity index (χ2n) is 8.62. The summed E-state index contributed by atoms with van der Waals surface area (Å²) in [5.41, 5.74) is 1.62. The summed E-state index contributed by atoms with van der Waals surface area (Å²) in [7, 11) is 0. The largest absolute Gasteiger partial charge is 0.486 e. The maximum Gasteiger partial charge on any atom is 0.259 e. The van der Waals surface area contributed by atoms with Crippen molar-refractivity contribution < 1.29 is 14.3 Å². The van der Waals surface area contributed by atoms with Crippen LogP contribution in [0.1, 0.15) is 52.4 Å². The lowest BCUT2D eigenvalue weighted by molar-refractivity contribution is 0.0795. The molecule has 3 aromatic rings. The van der Waals surface area contributed by atoms with E-state index in [1.165, 1.54) is 0 Å². The number of piperidine rings is 1. The molecule has 32 heavy (non-hydrogen) atoms. The fourth-order valence-electron chi connectivity index (χ4n) is 4.62. The fourth-order valence-corrected chi connectivity index (χ4v) is 5.66. The molecule has 1 N–H and O–H groups in total. The Morgan fingerprint density at radius 3 is 2.66 bits per heavy atom. The second kappa shape index (κ2) is 8.33. The Balaban J connectivity index is 1.28. The number of hydrogen-bond donors (Lipinski definition) is 1. The molecule has 4 heterocycles. The number of nitrogens with one attached hydrogen (secondary N) is 1. The number of likely N-dealkylation sites (tertiary alicyclic amines) is 1. The first kappa shape index (κ1) is 21.2. The number of thiophene rings is 1. The van der Waals surface area contributed by atoms with Gasteiger partial charge in [0.25, 0.3) is 5.56 Å². The molecule has 1 atom stereocenters. The predicted octanol–water partition coefficient (Wildman–Crippen LogP) is 4.03. The van der Waals surface area contributed by atoms with Crippen LogP contribution in [0.5, 0.6) is 11.5 Å². The van der Waals surface area contributed by atoms with E-state index in [2.05, 4.69) is 16.8 Å². The molecular weight excluding hydrogens is 426 g/mol. The van der Waals surface area contributed by atoms with Gasteiger partial charge < -0.3 is 14.5 Å². The molecule has 0 saturated carbocycles. The van der Waals surface area contributed by atoms with Crippen LogP contribution in [0.15, 0.2) is 23.0 Å². The lowest BCUT2D eigenvalue weighted by Gasteiger charge is -2.35. The number of ketones is 1. The van der Waals surface area contributed by atoms with Gasteiger partial charge in [0.05, 0.1) is 11.4 Å². The van der Waals surface area contributed by atoms with Gasteiger partial charge in [-0.25, -0.2) is 4.98 Å². The van der Waals surface area contributed by atoms with E-state index in [1.807, 2.05) is 26.0 Å². The normalized spacial score (nSPS) is 18.1. The number of carbonyl (C=O) groups excluding carboxylic acids is 1. The lowest BCUT2D eigenvalue weighted by Crippen LogP contribution is -2.39. The summed E-state index contributed by atoms with van der Waals surface area (Å²) < 4.78 is 11.2. The number of Topliss-reactive ketones (excluding diaryl/α,β-unsaturated/α-hetero) is 1. The van der Waals surface area contributed by atoms with E-state index in [0.717, 1.165) is 41.2 Å². The van der Waals surface area contributed by atoms with E-state index in [9.17, 15) is 9.59 Å². The van der Waals surface area contributed by atoms with Crippen molar-refractivity contribution in [3.05, 3.63) is 50.4 Å². The molecule has 2 aromatic heterocycles. The molecule has 1 saturated heterocycles. The highest BCUT2D eigenvalue weighted by Crippen LogP contribution is 2.34. The molecule has 5 rings (SSSR count). The summed E-state index contributed by atoms with van der Waals surface area (Å²) in [4.78, 5) is 37.7. The molecule has 1 aromatic carbocycles. The van der Waals surface area contributed by atoms with E-state index in [1.54, 1.807) is 17.4 Å². The van der Waals surface area contributed by atoms with Crippen molar-refractivity contribution in [2.45, 2.75) is 39.7 Å². The number of ether oxygens (including phenoxy) is 2. The van der Waals surface area contributed by atoms with E-state index < -0.39 is 0 Å². The molecule has 0 bridgehead atoms. The Kier molecular flexibility index (Phi) is 5.51. The van der Waals surface area contributed by atoms with Gasteiger partial charge >= 0.3 is 0 Å². The minimum absolute atomic E-state index is 0.0137. The maximum atomic E-state index is 13.1. The van der Waals surface area contributed by atoms with Crippen molar-refractivity contribution in [3.8, 4) is 11.5 Å². The molecule has 0 aliphatic carbocycles. The summed E-state index contributed by atoms with van der Waals surface area (Å²) >= 11 is 1.57. The van der Waals surface area contributed by atoms with Gasteiger partial charge in [-0.1, -0.05) is 0 Å². The molecule has 0 spiro atoms. The highest BCUT2D eigenvalue weighted by molar-refractivity contribution is 7.18. The molecule has 2 aliphatic heterocycles. The second-order valence-corrected chi connectivity index (χ2v) is 9.83. The number of benzene rings is 1. The monoisotopic (exact) mass is 453 g/mol. The predicted molar refractivity (Wildman–Crippen MR) is 124 cm³/mol. The van der Waals surface area contributed by atoms with Crippen molar-refractivity contribution in [3.63, 3.8) is 0 Å². The molecule has 2 aliphatic rings. The number of nitrogens with zero attached hydrogens (tertiary/aromatic N) is 2. The third-order valence-electron chi connectivity index (χ3n) is 6.73. The standard InChI is InChI=1S/C24H27N3O4S/c1-13-15(3)32-24-20(13)23(29)25-22(26-24)14(2)27-8-6-16(7-9-27)21(28)17-4-5-18-19(12-17)31-11-10-30-18/h4-5,12,14,16H,6-11H2,1-3H3,(H,25,26,29). The lowest BCUT2D eigenvalue weighted by atomic mass is 9.88. The first-order valence-corrected chi connectivity index (χ1v) is 11.9. The first-order chi connectivity index (χ1) is 15.4. The van der Waals surface area contributed by atoms with Crippen molar-refractivity contribution in [1.82, 2.24) is 14.9 Å². The Morgan fingerprint density at radius 2 is 1.91 bits per heavy atom. The topological polar surface area (TPSA) is 84.5 Å². The van der Waals surface area contributed by atoms with Crippen LogP contribution in [-0.4, -0.2) is 47.0 Å². The van der Waals surface area contributed by atoms with Crippen LogP contribution in [-0.2, 0) is 0 Å². The van der Waals surface area contributed by atoms with Crippen LogP contribution in [0, 0.1) is 19.8 Å². The van der Waals surface area contributed by atoms with Crippen LogP contribution in [0.2, 0.25) is 0 Å². The number of aryl methyl sites for hydroxylation is 2. The Bertz CT molecular complexity index is 1240. The van der Waals surface area contributed by atoms with Crippen LogP contribution in [0.25, 0.3) is 10.2 Å². The zero-order chi connectivity index (χ0) is 22.4. The Morgan fingerprint density at radius 1 is 1.19 bits per heavy atom. The summed E-state index contributed by atoms with van der Waals surface area (Å²) in [6, 6.07) is 5.45. The molecule has 0 amide bonds. The number of fused-ring (bicyclic) bond motifs is 2. The number of rotatable bonds is 4. The Labute approximate surface area is 190 Å². The van der Waals surface area contributed by atoms with Crippen molar-refractivity contribution in [1.29, 1.82) is 0 Å². The number of aromatic nitrogens is 2. The smallest absolute Gasteiger partial charge is 0.259 e. The van der Waals surface area contributed by atoms with Gasteiger partial charge in [-0.3, -0.25) is 14.5 Å². The van der Waals surface area contributed by atoms with Crippen LogP contribution >= 0.6 is 11.3 Å². The quantitative estimate of drug-likeness (QED) is 0.601. The molecule has 8 heteroatoms. The summed E-state index contributed by atoms with van der Waals surface area (Å²) in [5.74, 6) is 2.19. The molecule has 1 unspecified atom stereocenters. The van der Waals surface area contributed by atoms with Crippen molar-refractivity contribution in [2.75, 3.05) is 26.3 Å². The minimum Gasteiger partial charge on any atom is -0.486 e. The van der Waals surface area contributed by atoms with E-state index >= 15 is 0 Å². The zero-order valence-corrected chi connectivity index (χ0v) is 19.4. The van der Waals surface area contributed by atoms with Gasteiger partial charge in [0.1, 0.15) is 23.9 Å². The third kappa shape index (κ3) is 3.71. The molecule has 7 nitrogen and oxygen atoms in total. The zero-order valence-electron chi connectivity index (χ0n) is 18.6. The van der Waals surface area contributed by atoms with E-state index in [4.69, 9.17) is 14.5 Å². The first-order valence-electron chi connectivity index (χ1n) is 11.1. The van der Waals surface area contributed by atoms with Crippen molar-refractivity contribution in [2.24, 2.45) is 5.92 Å². The number of hydrogen-bond acceptors (Lipinski definition) is 7. The Hall–Kier alpha value is -2.71. The van der Waals surface area contributed by atoms with Crippen LogP contribution < -0.4 is 15.0 Å². The van der Waals surface area contributed by atoms with Gasteiger partial charge in [0, 0.05) is 16.4 Å². The van der Waals surface area contributed by atoms with Crippen LogP contribution in [0.3, 0.4) is 0 Å². The SMILES string of the molecule is Cc1sc2nc(C(C)N3CCC(C(=O)c4ccc5c(c4)OCCO5)CC3)[nH]c(=O)c2c1C. The van der Waals surface area contributed by atoms with E-state index in [-0.39, 0.29) is 23.3 Å².